The Bertz CT molecular complexity index is 720. The number of aromatic nitrogens is 1. The van der Waals surface area contributed by atoms with Crippen molar-refractivity contribution >= 4 is 18.4 Å². The van der Waals surface area contributed by atoms with Crippen LogP contribution in [0, 0.1) is 12.9 Å². The van der Waals surface area contributed by atoms with Crippen LogP contribution in [0.5, 0.6) is 0 Å². The predicted octanol–water partition coefficient (Wildman–Crippen LogP) is 1.17. The lowest BCUT2D eigenvalue weighted by Gasteiger charge is -2.05. The summed E-state index contributed by atoms with van der Waals surface area (Å²) < 4.78 is 18.8. The van der Waals surface area contributed by atoms with Crippen LogP contribution < -0.4 is 5.46 Å². The average molecular weight is 285 g/mol. The molecule has 3 rings (SSSR count). The number of carbonyl (C=O) groups excluding carboxylic acids is 1. The standard InChI is InChI=1S/C15H13BFNO3/c1-9-2-5-12(15(17)18-9)14(19)7-10-3-4-11-8-21-16(20)13(11)6-10/h2-6,20H,7-8H2,1H3. The Morgan fingerprint density at radius 2 is 2.24 bits per heavy atom. The van der Waals surface area contributed by atoms with Crippen LogP contribution in [0.1, 0.15) is 27.2 Å². The predicted molar refractivity (Wildman–Crippen MR) is 75.8 cm³/mol. The topological polar surface area (TPSA) is 59.4 Å². The molecule has 0 atom stereocenters. The first-order valence-corrected chi connectivity index (χ1v) is 6.62. The van der Waals surface area contributed by atoms with Gasteiger partial charge in [-0.25, -0.2) is 4.98 Å². The van der Waals surface area contributed by atoms with Gasteiger partial charge in [-0.15, -0.1) is 0 Å². The summed E-state index contributed by atoms with van der Waals surface area (Å²) in [7, 11) is -0.951. The number of rotatable bonds is 3. The monoisotopic (exact) mass is 285 g/mol. The number of hydrogen-bond donors (Lipinski definition) is 1. The minimum atomic E-state index is -0.951. The molecule has 1 aliphatic heterocycles. The summed E-state index contributed by atoms with van der Waals surface area (Å²) in [6.07, 6.45) is 0.0572. The van der Waals surface area contributed by atoms with E-state index in [2.05, 4.69) is 4.98 Å². The van der Waals surface area contributed by atoms with Crippen molar-refractivity contribution in [2.45, 2.75) is 20.0 Å². The molecular weight excluding hydrogens is 272 g/mol. The van der Waals surface area contributed by atoms with Crippen molar-refractivity contribution in [1.82, 2.24) is 4.98 Å². The summed E-state index contributed by atoms with van der Waals surface area (Å²) >= 11 is 0. The fraction of sp³-hybridized carbons (Fsp3) is 0.200. The maximum absolute atomic E-state index is 13.7. The molecule has 1 N–H and O–H groups in total. The second-order valence-corrected chi connectivity index (χ2v) is 5.09. The van der Waals surface area contributed by atoms with Gasteiger partial charge in [-0.3, -0.25) is 4.79 Å². The number of aryl methyl sites for hydroxylation is 1. The Hall–Kier alpha value is -2.05. The van der Waals surface area contributed by atoms with E-state index >= 15 is 0 Å². The van der Waals surface area contributed by atoms with E-state index in [-0.39, 0.29) is 17.8 Å². The van der Waals surface area contributed by atoms with Crippen molar-refractivity contribution in [3.05, 3.63) is 58.7 Å². The van der Waals surface area contributed by atoms with Gasteiger partial charge in [0, 0.05) is 12.1 Å². The molecule has 1 aromatic heterocycles. The van der Waals surface area contributed by atoms with E-state index in [1.807, 2.05) is 6.07 Å². The summed E-state index contributed by atoms with van der Waals surface area (Å²) in [5.41, 5.74) is 2.80. The first kappa shape index (κ1) is 13.9. The molecule has 0 fully saturated rings. The number of Topliss-reactive ketones (excluding diaryl/α,β-unsaturated/α-hetero) is 1. The van der Waals surface area contributed by atoms with Crippen LogP contribution in [0.25, 0.3) is 0 Å². The summed E-state index contributed by atoms with van der Waals surface area (Å²) in [6, 6.07) is 8.39. The maximum atomic E-state index is 13.7. The molecule has 0 unspecified atom stereocenters. The number of ketones is 1. The van der Waals surface area contributed by atoms with Gasteiger partial charge in [-0.1, -0.05) is 18.2 Å². The molecule has 0 radical (unpaired) electrons. The zero-order valence-corrected chi connectivity index (χ0v) is 11.5. The summed E-state index contributed by atoms with van der Waals surface area (Å²) in [4.78, 5) is 15.8. The Kier molecular flexibility index (Phi) is 3.57. The molecule has 4 nitrogen and oxygen atoms in total. The number of pyridine rings is 1. The molecule has 2 heterocycles. The highest BCUT2D eigenvalue weighted by Crippen LogP contribution is 2.14. The van der Waals surface area contributed by atoms with Crippen LogP contribution in [-0.4, -0.2) is 22.9 Å². The summed E-state index contributed by atoms with van der Waals surface area (Å²) in [5.74, 6) is -1.09. The summed E-state index contributed by atoms with van der Waals surface area (Å²) in [5, 5.41) is 9.65. The quantitative estimate of drug-likeness (QED) is 0.522. The van der Waals surface area contributed by atoms with E-state index in [9.17, 15) is 14.2 Å². The third-order valence-electron chi connectivity index (χ3n) is 3.53. The normalized spacial score (nSPS) is 13.4. The molecule has 2 aromatic rings. The molecule has 0 bridgehead atoms. The van der Waals surface area contributed by atoms with Crippen LogP contribution in [0.3, 0.4) is 0 Å². The van der Waals surface area contributed by atoms with Crippen LogP contribution in [-0.2, 0) is 17.7 Å². The van der Waals surface area contributed by atoms with Gasteiger partial charge in [0.15, 0.2) is 5.78 Å². The average Bonchev–Trinajstić information content (AvgIpc) is 2.80. The molecule has 1 aromatic carbocycles. The Morgan fingerprint density at radius 1 is 1.43 bits per heavy atom. The fourth-order valence-corrected chi connectivity index (χ4v) is 2.39. The molecule has 106 valence electrons. The first-order valence-electron chi connectivity index (χ1n) is 6.62. The van der Waals surface area contributed by atoms with E-state index in [0.29, 0.717) is 23.3 Å². The fourth-order valence-electron chi connectivity index (χ4n) is 2.39. The molecule has 0 amide bonds. The van der Waals surface area contributed by atoms with E-state index in [1.54, 1.807) is 25.1 Å². The van der Waals surface area contributed by atoms with Crippen molar-refractivity contribution < 1.29 is 18.9 Å². The lowest BCUT2D eigenvalue weighted by Crippen LogP contribution is -2.28. The number of carbonyl (C=O) groups is 1. The molecular formula is C15H13BFNO3. The highest BCUT2D eigenvalue weighted by molar-refractivity contribution is 6.61. The van der Waals surface area contributed by atoms with Crippen LogP contribution >= 0.6 is 0 Å². The zero-order valence-electron chi connectivity index (χ0n) is 11.5. The number of benzene rings is 1. The van der Waals surface area contributed by atoms with E-state index in [1.165, 1.54) is 6.07 Å². The highest BCUT2D eigenvalue weighted by Gasteiger charge is 2.27. The van der Waals surface area contributed by atoms with Gasteiger partial charge in [0.25, 0.3) is 0 Å². The Balaban J connectivity index is 1.83. The smallest absolute Gasteiger partial charge is 0.423 e. The Labute approximate surface area is 121 Å². The SMILES string of the molecule is Cc1ccc(C(=O)Cc2ccc3c(c2)B(O)OC3)c(F)n1. The molecule has 0 saturated carbocycles. The first-order chi connectivity index (χ1) is 10.0. The lowest BCUT2D eigenvalue weighted by atomic mass is 9.78. The molecule has 0 aliphatic carbocycles. The van der Waals surface area contributed by atoms with E-state index in [0.717, 1.165) is 5.56 Å². The van der Waals surface area contributed by atoms with Gasteiger partial charge in [0.2, 0.25) is 5.95 Å². The third-order valence-corrected chi connectivity index (χ3v) is 3.53. The second kappa shape index (κ2) is 5.39. The van der Waals surface area contributed by atoms with Crippen molar-refractivity contribution in [2.24, 2.45) is 0 Å². The van der Waals surface area contributed by atoms with Gasteiger partial charge in [0.1, 0.15) is 0 Å². The van der Waals surface area contributed by atoms with Gasteiger partial charge in [-0.05, 0) is 35.6 Å². The third kappa shape index (κ3) is 2.72. The minimum Gasteiger partial charge on any atom is -0.423 e. The van der Waals surface area contributed by atoms with Crippen molar-refractivity contribution in [2.75, 3.05) is 0 Å². The lowest BCUT2D eigenvalue weighted by molar-refractivity contribution is 0.0988. The van der Waals surface area contributed by atoms with Gasteiger partial charge < -0.3 is 9.68 Å². The molecule has 1 aliphatic rings. The molecule has 0 saturated heterocycles. The Morgan fingerprint density at radius 3 is 3.00 bits per heavy atom. The molecule has 6 heteroatoms. The number of nitrogens with zero attached hydrogens (tertiary/aromatic N) is 1. The van der Waals surface area contributed by atoms with Crippen LogP contribution in [0.15, 0.2) is 30.3 Å². The van der Waals surface area contributed by atoms with Crippen molar-refractivity contribution in [3.8, 4) is 0 Å². The number of halogens is 1. The second-order valence-electron chi connectivity index (χ2n) is 5.09. The zero-order chi connectivity index (χ0) is 15.0. The molecule has 21 heavy (non-hydrogen) atoms. The van der Waals surface area contributed by atoms with Crippen molar-refractivity contribution in [1.29, 1.82) is 0 Å². The van der Waals surface area contributed by atoms with Crippen molar-refractivity contribution in [3.63, 3.8) is 0 Å². The maximum Gasteiger partial charge on any atom is 0.491 e. The molecule has 0 spiro atoms. The minimum absolute atomic E-state index is 0.0158. The number of hydrogen-bond acceptors (Lipinski definition) is 4. The highest BCUT2D eigenvalue weighted by atomic mass is 19.1. The van der Waals surface area contributed by atoms with Crippen LogP contribution in [0.2, 0.25) is 0 Å². The van der Waals surface area contributed by atoms with E-state index in [4.69, 9.17) is 4.65 Å². The van der Waals surface area contributed by atoms with Gasteiger partial charge in [0.05, 0.1) is 12.2 Å². The van der Waals surface area contributed by atoms with Gasteiger partial charge in [-0.2, -0.15) is 4.39 Å². The van der Waals surface area contributed by atoms with Crippen LogP contribution in [0.4, 0.5) is 4.39 Å². The van der Waals surface area contributed by atoms with E-state index < -0.39 is 13.1 Å². The van der Waals surface area contributed by atoms with Gasteiger partial charge >= 0.3 is 7.12 Å². The number of fused-ring (bicyclic) bond motifs is 1. The summed E-state index contributed by atoms with van der Waals surface area (Å²) in [6.45, 7) is 2.03. The largest absolute Gasteiger partial charge is 0.491 e.